The lowest BCUT2D eigenvalue weighted by Gasteiger charge is -2.21. The molecule has 5 N–H and O–H groups in total. The molecule has 122 valence electrons. The van der Waals surface area contributed by atoms with Gasteiger partial charge in [-0.3, -0.25) is 10.1 Å². The van der Waals surface area contributed by atoms with Crippen LogP contribution in [-0.4, -0.2) is 18.5 Å². The highest BCUT2D eigenvalue weighted by molar-refractivity contribution is 5.79. The Bertz CT molecular complexity index is 610. The van der Waals surface area contributed by atoms with Crippen molar-refractivity contribution >= 4 is 5.91 Å². The van der Waals surface area contributed by atoms with Crippen LogP contribution < -0.4 is 16.8 Å². The van der Waals surface area contributed by atoms with Crippen LogP contribution in [0, 0.1) is 0 Å². The number of nitrogens with two attached hydrogens (primary N) is 2. The van der Waals surface area contributed by atoms with Crippen LogP contribution in [0.3, 0.4) is 0 Å². The highest BCUT2D eigenvalue weighted by atomic mass is 16.1. The third-order valence-electron chi connectivity index (χ3n) is 4.01. The molecular formula is C19H25N3O. The fourth-order valence-corrected chi connectivity index (χ4v) is 2.62. The molecule has 4 heteroatoms. The first kappa shape index (κ1) is 17.2. The Hall–Kier alpha value is -2.17. The van der Waals surface area contributed by atoms with E-state index in [9.17, 15) is 4.79 Å². The number of carbonyl (C=O) groups is 1. The molecule has 0 heterocycles. The Balaban J connectivity index is 2.04. The first-order valence-corrected chi connectivity index (χ1v) is 8.02. The van der Waals surface area contributed by atoms with Gasteiger partial charge in [-0.25, -0.2) is 0 Å². The maximum absolute atomic E-state index is 11.5. The van der Waals surface area contributed by atoms with E-state index in [1.807, 2.05) is 25.1 Å². The molecule has 2 aromatic rings. The highest BCUT2D eigenvalue weighted by Gasteiger charge is 2.17. The van der Waals surface area contributed by atoms with Gasteiger partial charge in [-0.1, -0.05) is 54.6 Å². The van der Waals surface area contributed by atoms with E-state index in [0.29, 0.717) is 13.0 Å². The van der Waals surface area contributed by atoms with E-state index in [-0.39, 0.29) is 18.0 Å². The summed E-state index contributed by atoms with van der Waals surface area (Å²) in [6.07, 6.45) is 1.44. The number of hydrogen-bond acceptors (Lipinski definition) is 3. The minimum Gasteiger partial charge on any atom is -0.368 e. The highest BCUT2D eigenvalue weighted by Crippen LogP contribution is 2.22. The standard InChI is InChI=1S/C19H25N3O/c1-14(22-18(19(21)23)8-5-13-20)15-9-11-17(12-10-15)16-6-3-2-4-7-16/h2-4,6-7,9-12,14,18,22H,5,8,13,20H2,1H3,(H2,21,23)/t14?,18-/m0/s1. The molecule has 1 amide bonds. The van der Waals surface area contributed by atoms with Crippen LogP contribution in [0.1, 0.15) is 31.4 Å². The van der Waals surface area contributed by atoms with Gasteiger partial charge in [0.2, 0.25) is 5.91 Å². The van der Waals surface area contributed by atoms with Crippen LogP contribution in [0.25, 0.3) is 11.1 Å². The number of benzene rings is 2. The van der Waals surface area contributed by atoms with Crippen LogP contribution in [-0.2, 0) is 4.79 Å². The molecule has 0 aliphatic carbocycles. The minimum atomic E-state index is -0.345. The Morgan fingerprint density at radius 1 is 1.04 bits per heavy atom. The zero-order chi connectivity index (χ0) is 16.7. The number of rotatable bonds is 8. The molecule has 2 aromatic carbocycles. The Morgan fingerprint density at radius 2 is 1.65 bits per heavy atom. The molecule has 2 rings (SSSR count). The van der Waals surface area contributed by atoms with Crippen LogP contribution in [0.2, 0.25) is 0 Å². The second kappa shape index (κ2) is 8.46. The monoisotopic (exact) mass is 311 g/mol. The Labute approximate surface area is 137 Å². The largest absolute Gasteiger partial charge is 0.368 e. The summed E-state index contributed by atoms with van der Waals surface area (Å²) < 4.78 is 0. The molecule has 0 spiro atoms. The number of hydrogen-bond donors (Lipinski definition) is 3. The summed E-state index contributed by atoms with van der Waals surface area (Å²) in [4.78, 5) is 11.5. The molecule has 0 aliphatic heterocycles. The third-order valence-corrected chi connectivity index (χ3v) is 4.01. The summed E-state index contributed by atoms with van der Waals surface area (Å²) in [5, 5.41) is 3.30. The van der Waals surface area contributed by atoms with E-state index in [1.54, 1.807) is 0 Å². The van der Waals surface area contributed by atoms with E-state index in [2.05, 4.69) is 41.7 Å². The predicted octanol–water partition coefficient (Wildman–Crippen LogP) is 2.60. The van der Waals surface area contributed by atoms with Crippen molar-refractivity contribution in [3.63, 3.8) is 0 Å². The fourth-order valence-electron chi connectivity index (χ4n) is 2.62. The fraction of sp³-hybridized carbons (Fsp3) is 0.316. The summed E-state index contributed by atoms with van der Waals surface area (Å²) in [5.74, 6) is -0.328. The van der Waals surface area contributed by atoms with Crippen LogP contribution in [0.4, 0.5) is 0 Å². The topological polar surface area (TPSA) is 81.1 Å². The van der Waals surface area contributed by atoms with Crippen LogP contribution in [0.15, 0.2) is 54.6 Å². The van der Waals surface area contributed by atoms with Crippen molar-refractivity contribution in [2.45, 2.75) is 31.8 Å². The van der Waals surface area contributed by atoms with Crippen molar-refractivity contribution in [1.29, 1.82) is 0 Å². The molecular weight excluding hydrogens is 286 g/mol. The van der Waals surface area contributed by atoms with Gasteiger partial charge >= 0.3 is 0 Å². The predicted molar refractivity (Wildman–Crippen MR) is 94.7 cm³/mol. The lowest BCUT2D eigenvalue weighted by molar-refractivity contribution is -0.120. The van der Waals surface area contributed by atoms with Crippen molar-refractivity contribution in [2.24, 2.45) is 11.5 Å². The summed E-state index contributed by atoms with van der Waals surface area (Å²) in [5.41, 5.74) is 14.5. The molecule has 0 aliphatic rings. The Kier molecular flexibility index (Phi) is 6.32. The van der Waals surface area contributed by atoms with Crippen molar-refractivity contribution in [3.8, 4) is 11.1 Å². The maximum Gasteiger partial charge on any atom is 0.234 e. The molecule has 0 saturated carbocycles. The van der Waals surface area contributed by atoms with Crippen molar-refractivity contribution in [1.82, 2.24) is 5.32 Å². The van der Waals surface area contributed by atoms with Crippen molar-refractivity contribution in [3.05, 3.63) is 60.2 Å². The summed E-state index contributed by atoms with van der Waals surface area (Å²) in [7, 11) is 0. The Morgan fingerprint density at radius 3 is 2.22 bits per heavy atom. The molecule has 0 fully saturated rings. The molecule has 4 nitrogen and oxygen atoms in total. The van der Waals surface area contributed by atoms with Gasteiger partial charge in [0.05, 0.1) is 6.04 Å². The van der Waals surface area contributed by atoms with Crippen molar-refractivity contribution in [2.75, 3.05) is 6.54 Å². The van der Waals surface area contributed by atoms with E-state index in [4.69, 9.17) is 11.5 Å². The van der Waals surface area contributed by atoms with E-state index in [1.165, 1.54) is 11.1 Å². The molecule has 0 aromatic heterocycles. The van der Waals surface area contributed by atoms with E-state index < -0.39 is 0 Å². The van der Waals surface area contributed by atoms with Gasteiger partial charge < -0.3 is 11.5 Å². The first-order chi connectivity index (χ1) is 11.1. The molecule has 1 unspecified atom stereocenters. The van der Waals surface area contributed by atoms with Gasteiger partial charge in [-0.05, 0) is 43.0 Å². The second-order valence-corrected chi connectivity index (χ2v) is 5.76. The molecule has 0 bridgehead atoms. The van der Waals surface area contributed by atoms with Crippen LogP contribution >= 0.6 is 0 Å². The zero-order valence-electron chi connectivity index (χ0n) is 13.5. The number of amides is 1. The number of nitrogens with one attached hydrogen (secondary N) is 1. The second-order valence-electron chi connectivity index (χ2n) is 5.76. The number of primary amides is 1. The summed E-state index contributed by atoms with van der Waals surface area (Å²) in [6, 6.07) is 18.3. The average molecular weight is 311 g/mol. The average Bonchev–Trinajstić information content (AvgIpc) is 2.59. The smallest absolute Gasteiger partial charge is 0.234 e. The van der Waals surface area contributed by atoms with Gasteiger partial charge in [0.15, 0.2) is 0 Å². The van der Waals surface area contributed by atoms with Crippen LogP contribution in [0.5, 0.6) is 0 Å². The third kappa shape index (κ3) is 4.91. The van der Waals surface area contributed by atoms with E-state index in [0.717, 1.165) is 12.0 Å². The SMILES string of the molecule is CC(N[C@@H](CCCN)C(N)=O)c1ccc(-c2ccccc2)cc1. The molecule has 23 heavy (non-hydrogen) atoms. The quantitative estimate of drug-likeness (QED) is 0.701. The minimum absolute atomic E-state index is 0.0510. The van der Waals surface area contributed by atoms with Gasteiger partial charge in [0.25, 0.3) is 0 Å². The molecule has 0 saturated heterocycles. The normalized spacial score (nSPS) is 13.5. The number of carbonyl (C=O) groups excluding carboxylic acids is 1. The maximum atomic E-state index is 11.5. The van der Waals surface area contributed by atoms with Crippen molar-refractivity contribution < 1.29 is 4.79 Å². The lowest BCUT2D eigenvalue weighted by atomic mass is 10.0. The van der Waals surface area contributed by atoms with Gasteiger partial charge in [0, 0.05) is 6.04 Å². The van der Waals surface area contributed by atoms with Gasteiger partial charge in [0.1, 0.15) is 0 Å². The van der Waals surface area contributed by atoms with Gasteiger partial charge in [-0.15, -0.1) is 0 Å². The summed E-state index contributed by atoms with van der Waals surface area (Å²) in [6.45, 7) is 2.60. The van der Waals surface area contributed by atoms with E-state index >= 15 is 0 Å². The first-order valence-electron chi connectivity index (χ1n) is 8.02. The van der Waals surface area contributed by atoms with Gasteiger partial charge in [-0.2, -0.15) is 0 Å². The molecule has 2 atom stereocenters. The summed E-state index contributed by atoms with van der Waals surface area (Å²) >= 11 is 0. The zero-order valence-corrected chi connectivity index (χ0v) is 13.5. The molecule has 0 radical (unpaired) electrons. The lowest BCUT2D eigenvalue weighted by Crippen LogP contribution is -2.42.